The van der Waals surface area contributed by atoms with Gasteiger partial charge in [-0.3, -0.25) is 4.79 Å². The number of thiazole rings is 1. The summed E-state index contributed by atoms with van der Waals surface area (Å²) in [5, 5.41) is 2.85. The van der Waals surface area contributed by atoms with Gasteiger partial charge < -0.3 is 16.0 Å². The third-order valence-electron chi connectivity index (χ3n) is 5.54. The number of piperidine rings is 1. The highest BCUT2D eigenvalue weighted by Gasteiger charge is 2.24. The molecule has 0 aliphatic carbocycles. The zero-order valence-corrected chi connectivity index (χ0v) is 19.5. The third-order valence-corrected chi connectivity index (χ3v) is 6.27. The van der Waals surface area contributed by atoms with Crippen molar-refractivity contribution in [1.29, 1.82) is 0 Å². The van der Waals surface area contributed by atoms with Crippen LogP contribution in [0.5, 0.6) is 0 Å². The minimum absolute atomic E-state index is 0. The number of nitrogens with one attached hydrogen (secondary N) is 1. The van der Waals surface area contributed by atoms with E-state index in [2.05, 4.69) is 25.2 Å². The second-order valence-electron chi connectivity index (χ2n) is 7.87. The van der Waals surface area contributed by atoms with Crippen LogP contribution in [0.4, 0.5) is 20.2 Å². The molecule has 1 aromatic carbocycles. The molecule has 0 saturated carbocycles. The number of nitrogens with two attached hydrogens (primary N) is 1. The van der Waals surface area contributed by atoms with Crippen molar-refractivity contribution in [2.75, 3.05) is 23.3 Å². The molecule has 1 aliphatic rings. The van der Waals surface area contributed by atoms with E-state index in [0.29, 0.717) is 17.7 Å². The Kier molecular flexibility index (Phi) is 7.01. The predicted molar refractivity (Wildman–Crippen MR) is 132 cm³/mol. The van der Waals surface area contributed by atoms with E-state index < -0.39 is 17.5 Å². The molecule has 0 radical (unpaired) electrons. The zero-order chi connectivity index (χ0) is 22.9. The highest BCUT2D eigenvalue weighted by atomic mass is 35.5. The van der Waals surface area contributed by atoms with E-state index in [0.717, 1.165) is 36.0 Å². The van der Waals surface area contributed by atoms with Crippen LogP contribution in [0.2, 0.25) is 0 Å². The summed E-state index contributed by atoms with van der Waals surface area (Å²) >= 11 is 1.42. The van der Waals surface area contributed by atoms with Crippen molar-refractivity contribution in [2.45, 2.75) is 18.9 Å². The summed E-state index contributed by atoms with van der Waals surface area (Å²) in [6.07, 6.45) is 3.45. The number of anilines is 2. The summed E-state index contributed by atoms with van der Waals surface area (Å²) in [5.41, 5.74) is 9.97. The maximum absolute atomic E-state index is 14.4. The van der Waals surface area contributed by atoms with Crippen molar-refractivity contribution in [3.63, 3.8) is 0 Å². The second kappa shape index (κ2) is 9.96. The van der Waals surface area contributed by atoms with E-state index in [9.17, 15) is 13.6 Å². The van der Waals surface area contributed by atoms with Crippen molar-refractivity contribution in [3.8, 4) is 11.3 Å². The quantitative estimate of drug-likeness (QED) is 0.422. The number of halogens is 3. The van der Waals surface area contributed by atoms with Crippen molar-refractivity contribution < 1.29 is 13.6 Å². The van der Waals surface area contributed by atoms with Gasteiger partial charge in [0.05, 0.1) is 23.1 Å². The topological polar surface area (TPSA) is 97.0 Å². The predicted octanol–water partition coefficient (Wildman–Crippen LogP) is 4.63. The number of hydrogen-bond acceptors (Lipinski definition) is 7. The average molecular weight is 503 g/mol. The van der Waals surface area contributed by atoms with Crippen LogP contribution < -0.4 is 16.0 Å². The average Bonchev–Trinajstić information content (AvgIpc) is 3.28. The lowest BCUT2D eigenvalue weighted by Crippen LogP contribution is -2.43. The first kappa shape index (κ1) is 23.9. The Balaban J connectivity index is 0.00000274. The smallest absolute Gasteiger partial charge is 0.274 e. The Bertz CT molecular complexity index is 1350. The molecule has 4 heterocycles. The van der Waals surface area contributed by atoms with Crippen LogP contribution in [0.25, 0.3) is 21.6 Å². The molecule has 1 atom stereocenters. The maximum Gasteiger partial charge on any atom is 0.274 e. The summed E-state index contributed by atoms with van der Waals surface area (Å²) in [6, 6.07) is 7.89. The van der Waals surface area contributed by atoms with Crippen LogP contribution in [0, 0.1) is 11.6 Å². The van der Waals surface area contributed by atoms with Crippen LogP contribution in [-0.4, -0.2) is 40.0 Å². The molecule has 1 saturated heterocycles. The minimum atomic E-state index is -0.647. The number of carbonyl (C=O) groups excluding carboxylic acids is 1. The van der Waals surface area contributed by atoms with Crippen molar-refractivity contribution in [2.24, 2.45) is 5.73 Å². The van der Waals surface area contributed by atoms with Crippen molar-refractivity contribution in [3.05, 3.63) is 65.4 Å². The molecule has 1 aliphatic heterocycles. The largest absolute Gasteiger partial charge is 0.366 e. The number of pyridine rings is 2. The fraction of sp³-hybridized carbons (Fsp3) is 0.217. The van der Waals surface area contributed by atoms with Gasteiger partial charge in [-0.1, -0.05) is 12.1 Å². The van der Waals surface area contributed by atoms with Gasteiger partial charge in [0.2, 0.25) is 0 Å². The Morgan fingerprint density at radius 1 is 1.21 bits per heavy atom. The molecule has 176 valence electrons. The van der Waals surface area contributed by atoms with Gasteiger partial charge >= 0.3 is 0 Å². The van der Waals surface area contributed by atoms with Gasteiger partial charge in [0.25, 0.3) is 5.91 Å². The normalized spacial score (nSPS) is 15.7. The minimum Gasteiger partial charge on any atom is -0.366 e. The van der Waals surface area contributed by atoms with Crippen molar-refractivity contribution >= 4 is 51.4 Å². The van der Waals surface area contributed by atoms with Gasteiger partial charge in [0.1, 0.15) is 33.4 Å². The lowest BCUT2D eigenvalue weighted by molar-refractivity contribution is 0.102. The fourth-order valence-corrected chi connectivity index (χ4v) is 4.66. The summed E-state index contributed by atoms with van der Waals surface area (Å²) in [6.45, 7) is 1.42. The van der Waals surface area contributed by atoms with Crippen LogP contribution in [0.15, 0.2) is 48.1 Å². The van der Waals surface area contributed by atoms with Gasteiger partial charge in [-0.2, -0.15) is 0 Å². The number of amides is 1. The highest BCUT2D eigenvalue weighted by molar-refractivity contribution is 7.16. The van der Waals surface area contributed by atoms with E-state index in [1.54, 1.807) is 11.7 Å². The Labute approximate surface area is 204 Å². The molecule has 0 unspecified atom stereocenters. The Morgan fingerprint density at radius 3 is 2.85 bits per heavy atom. The first-order valence-corrected chi connectivity index (χ1v) is 11.3. The van der Waals surface area contributed by atoms with Crippen LogP contribution in [0.1, 0.15) is 23.3 Å². The molecule has 1 fully saturated rings. The molecule has 1 amide bonds. The second-order valence-corrected chi connectivity index (χ2v) is 8.70. The molecule has 11 heteroatoms. The molecule has 5 rings (SSSR count). The van der Waals surface area contributed by atoms with Gasteiger partial charge in [-0.25, -0.2) is 23.7 Å². The van der Waals surface area contributed by atoms with E-state index in [4.69, 9.17) is 5.73 Å². The summed E-state index contributed by atoms with van der Waals surface area (Å²) < 4.78 is 28.0. The van der Waals surface area contributed by atoms with Gasteiger partial charge in [0.15, 0.2) is 0 Å². The third kappa shape index (κ3) is 4.70. The van der Waals surface area contributed by atoms with Crippen molar-refractivity contribution in [1.82, 2.24) is 15.0 Å². The van der Waals surface area contributed by atoms with Crippen LogP contribution in [-0.2, 0) is 0 Å². The molecular formula is C23H21ClF2N6OS. The van der Waals surface area contributed by atoms with Gasteiger partial charge in [-0.15, -0.1) is 23.7 Å². The number of aromatic nitrogens is 3. The molecule has 3 aromatic heterocycles. The first-order chi connectivity index (χ1) is 16.0. The standard InChI is InChI=1S/C23H20F2N6OS.ClH/c24-14-4-1-3-13(9-14)19-16(25)6-7-17(29-19)22(32)30-18-10-27-23-20(28-12-33-23)21(18)31-8-2-5-15(26)11-31;/h1,3-4,6-7,9-10,12,15H,2,5,8,11,26H2,(H,30,32);1H/t15-;/m0./s1. The van der Waals surface area contributed by atoms with Crippen LogP contribution in [0.3, 0.4) is 0 Å². The first-order valence-electron chi connectivity index (χ1n) is 10.5. The molecule has 0 bridgehead atoms. The molecular weight excluding hydrogens is 482 g/mol. The Morgan fingerprint density at radius 2 is 2.06 bits per heavy atom. The number of hydrogen-bond donors (Lipinski definition) is 2. The summed E-state index contributed by atoms with van der Waals surface area (Å²) in [4.78, 5) is 29.0. The number of nitrogens with zero attached hydrogens (tertiary/aromatic N) is 4. The van der Waals surface area contributed by atoms with Gasteiger partial charge in [-0.05, 0) is 37.1 Å². The van der Waals surface area contributed by atoms with E-state index in [1.807, 2.05) is 0 Å². The zero-order valence-electron chi connectivity index (χ0n) is 17.9. The summed E-state index contributed by atoms with van der Waals surface area (Å²) in [5.74, 6) is -1.70. The summed E-state index contributed by atoms with van der Waals surface area (Å²) in [7, 11) is 0. The molecule has 7 nitrogen and oxygen atoms in total. The number of fused-ring (bicyclic) bond motifs is 1. The van der Waals surface area contributed by atoms with E-state index >= 15 is 0 Å². The maximum atomic E-state index is 14.4. The fourth-order valence-electron chi connectivity index (χ4n) is 4.02. The lowest BCUT2D eigenvalue weighted by atomic mass is 10.1. The van der Waals surface area contributed by atoms with Crippen LogP contribution >= 0.6 is 23.7 Å². The molecule has 0 spiro atoms. The molecule has 3 N–H and O–H groups in total. The molecule has 4 aromatic rings. The lowest BCUT2D eigenvalue weighted by Gasteiger charge is -2.33. The molecule has 34 heavy (non-hydrogen) atoms. The number of rotatable bonds is 4. The SMILES string of the molecule is Cl.N[C@H]1CCCN(c2c(NC(=O)c3ccc(F)c(-c4cccc(F)c4)n3)cnc3scnc23)C1. The van der Waals surface area contributed by atoms with Gasteiger partial charge in [0, 0.05) is 24.7 Å². The van der Waals surface area contributed by atoms with E-state index in [-0.39, 0.29) is 35.4 Å². The number of benzene rings is 1. The Hall–Kier alpha value is -3.21. The van der Waals surface area contributed by atoms with E-state index in [1.165, 1.54) is 41.7 Å². The number of carbonyl (C=O) groups is 1. The monoisotopic (exact) mass is 502 g/mol. The highest BCUT2D eigenvalue weighted by Crippen LogP contribution is 2.36.